The topological polar surface area (TPSA) is 75.6 Å². The van der Waals surface area contributed by atoms with Crippen molar-refractivity contribution >= 4 is 17.4 Å². The molecule has 2 N–H and O–H groups in total. The molecule has 2 aromatic rings. The number of aryl methyl sites for hydroxylation is 1. The zero-order valence-electron chi connectivity index (χ0n) is 13.1. The van der Waals surface area contributed by atoms with E-state index in [1.165, 1.54) is 0 Å². The van der Waals surface area contributed by atoms with Gasteiger partial charge in [0.1, 0.15) is 11.5 Å². The molecule has 2 rings (SSSR count). The molecule has 0 saturated carbocycles. The van der Waals surface area contributed by atoms with Gasteiger partial charge < -0.3 is 15.2 Å². The smallest absolute Gasteiger partial charge is 0.262 e. The van der Waals surface area contributed by atoms with Gasteiger partial charge in [-0.1, -0.05) is 13.0 Å². The van der Waals surface area contributed by atoms with E-state index in [-0.39, 0.29) is 24.0 Å². The van der Waals surface area contributed by atoms with Crippen LogP contribution in [0.15, 0.2) is 42.5 Å². The van der Waals surface area contributed by atoms with Crippen LogP contribution in [0.1, 0.15) is 29.3 Å². The number of anilines is 1. The standard InChI is InChI=1S/C18H19NO4/c1-3-16(20)13-5-7-14(8-6-13)23-11-18(22)19-15-9-4-12(2)10-17(15)21/h4-10,21H,3,11H2,1-2H3,(H,19,22). The number of carbonyl (C=O) groups excluding carboxylic acids is 2. The molecule has 120 valence electrons. The summed E-state index contributed by atoms with van der Waals surface area (Å²) in [4.78, 5) is 23.4. The van der Waals surface area contributed by atoms with Crippen LogP contribution in [-0.2, 0) is 4.79 Å². The fourth-order valence-corrected chi connectivity index (χ4v) is 2.02. The molecule has 0 aliphatic heterocycles. The van der Waals surface area contributed by atoms with Crippen molar-refractivity contribution in [3.63, 3.8) is 0 Å². The summed E-state index contributed by atoms with van der Waals surface area (Å²) in [6.07, 6.45) is 0.447. The molecule has 2 aromatic carbocycles. The van der Waals surface area contributed by atoms with Gasteiger partial charge in [0.2, 0.25) is 0 Å². The van der Waals surface area contributed by atoms with E-state index in [1.54, 1.807) is 49.4 Å². The maximum Gasteiger partial charge on any atom is 0.262 e. The number of aromatic hydroxyl groups is 1. The van der Waals surface area contributed by atoms with Crippen LogP contribution in [0.5, 0.6) is 11.5 Å². The highest BCUT2D eigenvalue weighted by atomic mass is 16.5. The number of hydrogen-bond acceptors (Lipinski definition) is 4. The maximum atomic E-state index is 11.8. The van der Waals surface area contributed by atoms with Gasteiger partial charge in [0, 0.05) is 12.0 Å². The van der Waals surface area contributed by atoms with E-state index in [1.807, 2.05) is 6.92 Å². The number of ether oxygens (including phenoxy) is 1. The van der Waals surface area contributed by atoms with Gasteiger partial charge in [0.25, 0.3) is 5.91 Å². The second kappa shape index (κ2) is 7.45. The molecule has 0 aliphatic rings. The van der Waals surface area contributed by atoms with Gasteiger partial charge in [-0.25, -0.2) is 0 Å². The SMILES string of the molecule is CCC(=O)c1ccc(OCC(=O)Nc2ccc(C)cc2O)cc1. The van der Waals surface area contributed by atoms with Crippen molar-refractivity contribution in [3.8, 4) is 11.5 Å². The van der Waals surface area contributed by atoms with Crippen LogP contribution in [0.25, 0.3) is 0 Å². The predicted octanol–water partition coefficient (Wildman–Crippen LogP) is 3.31. The molecule has 0 saturated heterocycles. The number of phenols is 1. The fraction of sp³-hybridized carbons (Fsp3) is 0.222. The number of benzene rings is 2. The molecule has 0 spiro atoms. The third-order valence-electron chi connectivity index (χ3n) is 3.29. The zero-order chi connectivity index (χ0) is 16.8. The van der Waals surface area contributed by atoms with Gasteiger partial charge in [-0.3, -0.25) is 9.59 Å². The fourth-order valence-electron chi connectivity index (χ4n) is 2.02. The number of hydrogen-bond donors (Lipinski definition) is 2. The molecule has 5 nitrogen and oxygen atoms in total. The monoisotopic (exact) mass is 313 g/mol. The lowest BCUT2D eigenvalue weighted by atomic mass is 10.1. The molecular formula is C18H19NO4. The third-order valence-corrected chi connectivity index (χ3v) is 3.29. The van der Waals surface area contributed by atoms with E-state index >= 15 is 0 Å². The summed E-state index contributed by atoms with van der Waals surface area (Å²) in [6, 6.07) is 11.6. The largest absolute Gasteiger partial charge is 0.506 e. The van der Waals surface area contributed by atoms with Crippen LogP contribution in [0.4, 0.5) is 5.69 Å². The van der Waals surface area contributed by atoms with Crippen molar-refractivity contribution < 1.29 is 19.4 Å². The van der Waals surface area contributed by atoms with E-state index in [0.717, 1.165) is 5.56 Å². The second-order valence-corrected chi connectivity index (χ2v) is 5.16. The van der Waals surface area contributed by atoms with Crippen LogP contribution in [0.3, 0.4) is 0 Å². The average molecular weight is 313 g/mol. The predicted molar refractivity (Wildman–Crippen MR) is 88.0 cm³/mol. The number of ketones is 1. The van der Waals surface area contributed by atoms with Crippen LogP contribution in [-0.4, -0.2) is 23.4 Å². The van der Waals surface area contributed by atoms with Gasteiger partial charge in [-0.05, 0) is 48.9 Å². The number of carbonyl (C=O) groups is 2. The molecule has 5 heteroatoms. The van der Waals surface area contributed by atoms with E-state index in [0.29, 0.717) is 23.4 Å². The van der Waals surface area contributed by atoms with E-state index in [9.17, 15) is 14.7 Å². The number of Topliss-reactive ketones (excluding diaryl/α,β-unsaturated/α-hetero) is 1. The summed E-state index contributed by atoms with van der Waals surface area (Å²) < 4.78 is 5.37. The Balaban J connectivity index is 1.90. The Morgan fingerprint density at radius 1 is 1.13 bits per heavy atom. The Bertz CT molecular complexity index is 707. The van der Waals surface area contributed by atoms with Crippen LogP contribution >= 0.6 is 0 Å². The van der Waals surface area contributed by atoms with Crippen molar-refractivity contribution in [2.24, 2.45) is 0 Å². The van der Waals surface area contributed by atoms with Crippen molar-refractivity contribution in [2.45, 2.75) is 20.3 Å². The minimum Gasteiger partial charge on any atom is -0.506 e. The molecule has 1 amide bonds. The van der Waals surface area contributed by atoms with E-state index < -0.39 is 0 Å². The lowest BCUT2D eigenvalue weighted by Crippen LogP contribution is -2.20. The summed E-state index contributed by atoms with van der Waals surface area (Å²) in [5.74, 6) is 0.198. The zero-order valence-corrected chi connectivity index (χ0v) is 13.1. The van der Waals surface area contributed by atoms with E-state index in [4.69, 9.17) is 4.74 Å². The Morgan fingerprint density at radius 3 is 2.43 bits per heavy atom. The second-order valence-electron chi connectivity index (χ2n) is 5.16. The summed E-state index contributed by atoms with van der Waals surface area (Å²) in [5.41, 5.74) is 1.86. The number of phenolic OH excluding ortho intramolecular Hbond substituents is 1. The Hall–Kier alpha value is -2.82. The molecule has 0 radical (unpaired) electrons. The normalized spacial score (nSPS) is 10.2. The molecule has 0 aliphatic carbocycles. The average Bonchev–Trinajstić information content (AvgIpc) is 2.55. The lowest BCUT2D eigenvalue weighted by molar-refractivity contribution is -0.118. The molecule has 0 heterocycles. The first-order chi connectivity index (χ1) is 11.0. The molecule has 0 unspecified atom stereocenters. The first kappa shape index (κ1) is 16.5. The quantitative estimate of drug-likeness (QED) is 0.633. The van der Waals surface area contributed by atoms with Gasteiger partial charge in [0.15, 0.2) is 12.4 Å². The van der Waals surface area contributed by atoms with Gasteiger partial charge in [-0.15, -0.1) is 0 Å². The Morgan fingerprint density at radius 2 is 1.83 bits per heavy atom. The Labute approximate surface area is 134 Å². The summed E-state index contributed by atoms with van der Waals surface area (Å²) in [6.45, 7) is 3.47. The van der Waals surface area contributed by atoms with Crippen molar-refractivity contribution in [3.05, 3.63) is 53.6 Å². The molecule has 0 bridgehead atoms. The summed E-state index contributed by atoms with van der Waals surface area (Å²) >= 11 is 0. The first-order valence-electron chi connectivity index (χ1n) is 7.35. The van der Waals surface area contributed by atoms with Crippen LogP contribution in [0, 0.1) is 6.92 Å². The number of amides is 1. The molecule has 0 aromatic heterocycles. The summed E-state index contributed by atoms with van der Waals surface area (Å²) in [7, 11) is 0. The molecule has 23 heavy (non-hydrogen) atoms. The minimum absolute atomic E-state index is 0.0146. The molecule has 0 atom stereocenters. The summed E-state index contributed by atoms with van der Waals surface area (Å²) in [5, 5.41) is 12.3. The van der Waals surface area contributed by atoms with Crippen molar-refractivity contribution in [1.29, 1.82) is 0 Å². The van der Waals surface area contributed by atoms with Crippen LogP contribution < -0.4 is 10.1 Å². The Kier molecular flexibility index (Phi) is 5.36. The number of rotatable bonds is 6. The first-order valence-corrected chi connectivity index (χ1v) is 7.35. The number of nitrogens with one attached hydrogen (secondary N) is 1. The van der Waals surface area contributed by atoms with Crippen molar-refractivity contribution in [1.82, 2.24) is 0 Å². The lowest BCUT2D eigenvalue weighted by Gasteiger charge is -2.09. The van der Waals surface area contributed by atoms with Gasteiger partial charge >= 0.3 is 0 Å². The van der Waals surface area contributed by atoms with Crippen molar-refractivity contribution in [2.75, 3.05) is 11.9 Å². The minimum atomic E-state index is -0.377. The van der Waals surface area contributed by atoms with Gasteiger partial charge in [-0.2, -0.15) is 0 Å². The highest BCUT2D eigenvalue weighted by molar-refractivity contribution is 5.96. The third kappa shape index (κ3) is 4.57. The van der Waals surface area contributed by atoms with Crippen LogP contribution in [0.2, 0.25) is 0 Å². The molecular weight excluding hydrogens is 294 g/mol. The van der Waals surface area contributed by atoms with Gasteiger partial charge in [0.05, 0.1) is 5.69 Å². The highest BCUT2D eigenvalue weighted by Gasteiger charge is 2.08. The van der Waals surface area contributed by atoms with E-state index in [2.05, 4.69) is 5.32 Å². The highest BCUT2D eigenvalue weighted by Crippen LogP contribution is 2.23. The molecule has 0 fully saturated rings. The maximum absolute atomic E-state index is 11.8.